The highest BCUT2D eigenvalue weighted by Gasteiger charge is 2.39. The Labute approximate surface area is 239 Å². The second-order valence-corrected chi connectivity index (χ2v) is 10.5. The minimum atomic E-state index is -1.000. The number of aromatic nitrogens is 1. The lowest BCUT2D eigenvalue weighted by atomic mass is 9.85. The number of hydrogen-bond donors (Lipinski definition) is 1. The van der Waals surface area contributed by atoms with Crippen LogP contribution < -0.4 is 4.74 Å². The Hall–Kier alpha value is -3.82. The van der Waals surface area contributed by atoms with E-state index in [0.29, 0.717) is 25.5 Å². The van der Waals surface area contributed by atoms with Crippen LogP contribution in [0.4, 0.5) is 4.39 Å². The summed E-state index contributed by atoms with van der Waals surface area (Å²) >= 11 is 0. The van der Waals surface area contributed by atoms with Crippen LogP contribution in [0.5, 0.6) is 5.75 Å². The van der Waals surface area contributed by atoms with Gasteiger partial charge >= 0.3 is 5.97 Å². The van der Waals surface area contributed by atoms with E-state index in [4.69, 9.17) is 19.4 Å². The maximum Gasteiger partial charge on any atom is 0.337 e. The van der Waals surface area contributed by atoms with E-state index in [9.17, 15) is 9.18 Å². The highest BCUT2D eigenvalue weighted by molar-refractivity contribution is 5.99. The Morgan fingerprint density at radius 2 is 1.85 bits per heavy atom. The van der Waals surface area contributed by atoms with Gasteiger partial charge in [0.2, 0.25) is 0 Å². The minimum absolute atomic E-state index is 0.151. The average Bonchev–Trinajstić information content (AvgIpc) is 2.99. The average molecular weight is 562 g/mol. The molecule has 2 aromatic carbocycles. The van der Waals surface area contributed by atoms with Crippen molar-refractivity contribution >= 4 is 11.7 Å². The summed E-state index contributed by atoms with van der Waals surface area (Å²) in [4.78, 5) is 23.9. The van der Waals surface area contributed by atoms with E-state index in [1.54, 1.807) is 24.3 Å². The Kier molecular flexibility index (Phi) is 8.95. The van der Waals surface area contributed by atoms with Crippen molar-refractivity contribution in [1.29, 1.82) is 0 Å². The molecular formula is C32H36FN3O5. The fourth-order valence-corrected chi connectivity index (χ4v) is 5.54. The summed E-state index contributed by atoms with van der Waals surface area (Å²) in [5.74, 6) is -0.491. The Balaban J connectivity index is 1.27. The van der Waals surface area contributed by atoms with Crippen LogP contribution in [0.3, 0.4) is 0 Å². The molecule has 0 unspecified atom stereocenters. The van der Waals surface area contributed by atoms with Gasteiger partial charge in [-0.15, -0.1) is 0 Å². The van der Waals surface area contributed by atoms with E-state index in [1.165, 1.54) is 18.3 Å². The number of oxime groups is 1. The monoisotopic (exact) mass is 561 g/mol. The Morgan fingerprint density at radius 3 is 2.46 bits per heavy atom. The molecule has 1 fully saturated rings. The number of ether oxygens (including phenoxy) is 2. The van der Waals surface area contributed by atoms with Gasteiger partial charge in [-0.05, 0) is 73.7 Å². The van der Waals surface area contributed by atoms with Crippen LogP contribution in [0.1, 0.15) is 66.7 Å². The molecule has 9 heteroatoms. The molecule has 8 nitrogen and oxygen atoms in total. The molecule has 3 aromatic rings. The maximum absolute atomic E-state index is 13.6. The number of benzene rings is 2. The third-order valence-electron chi connectivity index (χ3n) is 7.78. The molecular weight excluding hydrogens is 525 g/mol. The number of hydrogen-bond acceptors (Lipinski definition) is 7. The third-order valence-corrected chi connectivity index (χ3v) is 7.78. The lowest BCUT2D eigenvalue weighted by molar-refractivity contribution is -0.0951. The molecule has 2 aliphatic heterocycles. The first-order valence-electron chi connectivity index (χ1n) is 14.2. The van der Waals surface area contributed by atoms with Gasteiger partial charge in [0.25, 0.3) is 0 Å². The van der Waals surface area contributed by atoms with Crippen LogP contribution in [0.2, 0.25) is 0 Å². The normalized spacial score (nSPS) is 16.7. The fourth-order valence-electron chi connectivity index (χ4n) is 5.54. The molecule has 1 saturated heterocycles. The van der Waals surface area contributed by atoms with E-state index in [2.05, 4.69) is 27.2 Å². The molecule has 0 bridgehead atoms. The molecule has 1 N–H and O–H groups in total. The standard InChI is InChI=1S/C32H36FN3O5/c1-3-39-21-25-17-22(18-29(40-4-2)30(25)23-5-8-26(33)9-6-23)20-36-15-13-32(14-16-36)12-11-28(35-41-32)27-10-7-24(19-34-27)31(37)38/h5-10,17-19H,3-4,11-16,20-21H2,1-2H3,(H,37,38). The topological polar surface area (TPSA) is 93.5 Å². The Morgan fingerprint density at radius 1 is 1.07 bits per heavy atom. The number of carboxylic acids is 1. The van der Waals surface area contributed by atoms with Gasteiger partial charge in [0, 0.05) is 50.8 Å². The number of aromatic carboxylic acids is 1. The number of piperidine rings is 1. The molecule has 3 heterocycles. The molecule has 0 amide bonds. The largest absolute Gasteiger partial charge is 0.493 e. The summed E-state index contributed by atoms with van der Waals surface area (Å²) in [6, 6.07) is 14.0. The molecule has 0 saturated carbocycles. The molecule has 1 spiro atoms. The minimum Gasteiger partial charge on any atom is -0.493 e. The van der Waals surface area contributed by atoms with Crippen molar-refractivity contribution in [2.75, 3.05) is 26.3 Å². The second-order valence-electron chi connectivity index (χ2n) is 10.5. The van der Waals surface area contributed by atoms with Crippen molar-refractivity contribution in [3.63, 3.8) is 0 Å². The number of likely N-dealkylation sites (tertiary alicyclic amines) is 1. The predicted molar refractivity (Wildman–Crippen MR) is 154 cm³/mol. The SMILES string of the molecule is CCOCc1cc(CN2CCC3(CCC(c4ccc(C(=O)O)cn4)=NO3)CC2)cc(OCC)c1-c1ccc(F)cc1. The second kappa shape index (κ2) is 12.8. The van der Waals surface area contributed by atoms with Crippen LogP contribution in [0.25, 0.3) is 11.1 Å². The zero-order valence-corrected chi connectivity index (χ0v) is 23.6. The molecule has 0 radical (unpaired) electrons. The van der Waals surface area contributed by atoms with Crippen molar-refractivity contribution in [3.8, 4) is 16.9 Å². The summed E-state index contributed by atoms with van der Waals surface area (Å²) in [6.07, 6.45) is 4.68. The maximum atomic E-state index is 13.6. The van der Waals surface area contributed by atoms with E-state index >= 15 is 0 Å². The lowest BCUT2D eigenvalue weighted by Crippen LogP contribution is -2.46. The summed E-state index contributed by atoms with van der Waals surface area (Å²) in [7, 11) is 0. The fraction of sp³-hybridized carbons (Fsp3) is 0.406. The highest BCUT2D eigenvalue weighted by atomic mass is 19.1. The van der Waals surface area contributed by atoms with Gasteiger partial charge in [-0.2, -0.15) is 0 Å². The first kappa shape index (κ1) is 28.7. The van der Waals surface area contributed by atoms with Gasteiger partial charge in [-0.25, -0.2) is 9.18 Å². The van der Waals surface area contributed by atoms with Crippen molar-refractivity contribution in [3.05, 3.63) is 82.9 Å². The van der Waals surface area contributed by atoms with Gasteiger partial charge in [-0.3, -0.25) is 9.88 Å². The molecule has 5 rings (SSSR count). The van der Waals surface area contributed by atoms with Crippen LogP contribution in [-0.4, -0.2) is 58.6 Å². The summed E-state index contributed by atoms with van der Waals surface area (Å²) < 4.78 is 25.6. The molecule has 41 heavy (non-hydrogen) atoms. The summed E-state index contributed by atoms with van der Waals surface area (Å²) in [5.41, 5.74) is 5.28. The number of carbonyl (C=O) groups is 1. The molecule has 0 aliphatic carbocycles. The molecule has 216 valence electrons. The summed E-state index contributed by atoms with van der Waals surface area (Å²) in [5, 5.41) is 13.5. The van der Waals surface area contributed by atoms with Gasteiger partial charge in [0.15, 0.2) is 0 Å². The first-order valence-corrected chi connectivity index (χ1v) is 14.2. The van der Waals surface area contributed by atoms with E-state index in [-0.39, 0.29) is 17.0 Å². The molecule has 2 aliphatic rings. The van der Waals surface area contributed by atoms with Crippen LogP contribution in [0, 0.1) is 5.82 Å². The third kappa shape index (κ3) is 6.74. The smallest absolute Gasteiger partial charge is 0.337 e. The quantitative estimate of drug-likeness (QED) is 0.321. The van der Waals surface area contributed by atoms with Crippen LogP contribution in [0.15, 0.2) is 59.9 Å². The van der Waals surface area contributed by atoms with E-state index in [0.717, 1.165) is 79.0 Å². The number of carboxylic acid groups (broad SMARTS) is 1. The summed E-state index contributed by atoms with van der Waals surface area (Å²) in [6.45, 7) is 8.03. The van der Waals surface area contributed by atoms with Crippen LogP contribution in [-0.2, 0) is 22.7 Å². The van der Waals surface area contributed by atoms with E-state index < -0.39 is 5.97 Å². The van der Waals surface area contributed by atoms with Gasteiger partial charge in [-0.1, -0.05) is 23.4 Å². The Bertz CT molecular complexity index is 1380. The number of rotatable bonds is 10. The van der Waals surface area contributed by atoms with E-state index in [1.807, 2.05) is 13.8 Å². The van der Waals surface area contributed by atoms with Gasteiger partial charge in [0.05, 0.1) is 24.5 Å². The first-order chi connectivity index (χ1) is 19.9. The molecule has 1 aromatic heterocycles. The number of halogens is 1. The van der Waals surface area contributed by atoms with Crippen molar-refractivity contribution in [2.24, 2.45) is 5.16 Å². The van der Waals surface area contributed by atoms with Crippen molar-refractivity contribution in [2.45, 2.75) is 58.3 Å². The lowest BCUT2D eigenvalue weighted by Gasteiger charge is -2.41. The predicted octanol–water partition coefficient (Wildman–Crippen LogP) is 6.07. The van der Waals surface area contributed by atoms with Crippen LogP contribution >= 0.6 is 0 Å². The number of pyridine rings is 1. The van der Waals surface area contributed by atoms with Gasteiger partial charge < -0.3 is 19.4 Å². The highest BCUT2D eigenvalue weighted by Crippen LogP contribution is 2.38. The van der Waals surface area contributed by atoms with Crippen molar-refractivity contribution in [1.82, 2.24) is 9.88 Å². The zero-order valence-electron chi connectivity index (χ0n) is 23.6. The molecule has 0 atom stereocenters. The zero-order chi connectivity index (χ0) is 28.8. The van der Waals surface area contributed by atoms with Crippen molar-refractivity contribution < 1.29 is 28.6 Å². The number of nitrogens with zero attached hydrogens (tertiary/aromatic N) is 3. The van der Waals surface area contributed by atoms with Gasteiger partial charge in [0.1, 0.15) is 22.9 Å².